The predicted octanol–water partition coefficient (Wildman–Crippen LogP) is 4.31. The van der Waals surface area contributed by atoms with Crippen molar-refractivity contribution in [2.75, 3.05) is 39.1 Å². The summed E-state index contributed by atoms with van der Waals surface area (Å²) in [5.74, 6) is 0.246. The van der Waals surface area contributed by atoms with Gasteiger partial charge in [-0.15, -0.1) is 0 Å². The van der Waals surface area contributed by atoms with Crippen molar-refractivity contribution in [3.05, 3.63) is 47.2 Å². The van der Waals surface area contributed by atoms with Crippen molar-refractivity contribution in [3.8, 4) is 5.88 Å². The van der Waals surface area contributed by atoms with E-state index in [2.05, 4.69) is 21.7 Å². The third-order valence-electron chi connectivity index (χ3n) is 6.83. The van der Waals surface area contributed by atoms with Gasteiger partial charge in [0.1, 0.15) is 11.4 Å². The number of aromatic nitrogens is 1. The van der Waals surface area contributed by atoms with Crippen LogP contribution in [0.15, 0.2) is 35.2 Å². The van der Waals surface area contributed by atoms with Crippen LogP contribution in [0.4, 0.5) is 10.1 Å². The van der Waals surface area contributed by atoms with E-state index in [4.69, 9.17) is 9.47 Å². The first-order valence-electron chi connectivity index (χ1n) is 11.3. The van der Waals surface area contributed by atoms with Crippen LogP contribution >= 0.6 is 0 Å². The lowest BCUT2D eigenvalue weighted by Gasteiger charge is -2.33. The van der Waals surface area contributed by atoms with E-state index in [1.54, 1.807) is 19.2 Å². The minimum absolute atomic E-state index is 0. The third kappa shape index (κ3) is 5.53. The van der Waals surface area contributed by atoms with Crippen molar-refractivity contribution in [1.82, 2.24) is 9.88 Å². The highest BCUT2D eigenvalue weighted by atomic mass is 32.2. The molecule has 34 heavy (non-hydrogen) atoms. The normalized spacial score (nSPS) is 23.4. The van der Waals surface area contributed by atoms with E-state index in [1.165, 1.54) is 19.2 Å². The molecule has 0 bridgehead atoms. The number of methoxy groups -OCH3 is 2. The lowest BCUT2D eigenvalue weighted by molar-refractivity contribution is 0.00579. The summed E-state index contributed by atoms with van der Waals surface area (Å²) in [6.45, 7) is 1.77. The van der Waals surface area contributed by atoms with Crippen LogP contribution in [0.25, 0.3) is 0 Å². The Bertz CT molecular complexity index is 1080. The zero-order valence-electron chi connectivity index (χ0n) is 19.4. The van der Waals surface area contributed by atoms with E-state index in [0.717, 1.165) is 37.2 Å². The van der Waals surface area contributed by atoms with E-state index in [1.807, 2.05) is 6.07 Å². The molecule has 1 saturated carbocycles. The molecule has 7 nitrogen and oxygen atoms in total. The Kier molecular flexibility index (Phi) is 8.21. The zero-order valence-corrected chi connectivity index (χ0v) is 20.3. The van der Waals surface area contributed by atoms with Gasteiger partial charge in [0.25, 0.3) is 10.0 Å². The van der Waals surface area contributed by atoms with Gasteiger partial charge in [-0.25, -0.2) is 17.8 Å². The molecule has 2 heterocycles. The van der Waals surface area contributed by atoms with Crippen molar-refractivity contribution in [2.24, 2.45) is 0 Å². The summed E-state index contributed by atoms with van der Waals surface area (Å²) in [6.07, 6.45) is 3.68. The molecule has 188 valence electrons. The zero-order chi connectivity index (χ0) is 23.6. The number of halogens is 1. The van der Waals surface area contributed by atoms with Crippen LogP contribution in [0.3, 0.4) is 0 Å². The van der Waals surface area contributed by atoms with Crippen molar-refractivity contribution < 1.29 is 22.3 Å². The standard InChI is InChI=1S/C24H32FN3O4S.CH4/c1-28-14-10-17-16-22(23(32-3)26-21(17)11-15-28)27-33(29,30)20-6-4-18(5-7-20)24(25)12-8-19(31-2)9-13-24;/h4-7,16,19,27H,8-15H2,1-3H3;1H4. The summed E-state index contributed by atoms with van der Waals surface area (Å²) in [4.78, 5) is 6.85. The molecule has 1 aliphatic carbocycles. The number of rotatable bonds is 6. The van der Waals surface area contributed by atoms with Crippen molar-refractivity contribution in [1.29, 1.82) is 0 Å². The molecule has 2 aromatic rings. The average molecular weight is 494 g/mol. The topological polar surface area (TPSA) is 80.8 Å². The number of ether oxygens (including phenoxy) is 2. The molecule has 4 rings (SSSR count). The minimum atomic E-state index is -3.90. The summed E-state index contributed by atoms with van der Waals surface area (Å²) in [6, 6.07) is 7.88. The molecule has 1 aliphatic heterocycles. The van der Waals surface area contributed by atoms with E-state index < -0.39 is 15.7 Å². The van der Waals surface area contributed by atoms with E-state index in [9.17, 15) is 8.42 Å². The maximum absolute atomic E-state index is 15.5. The number of likely N-dealkylation sites (N-methyl/N-ethyl adjacent to an activating group) is 1. The Labute approximate surface area is 202 Å². The number of nitrogens with zero attached hydrogens (tertiary/aromatic N) is 2. The summed E-state index contributed by atoms with van der Waals surface area (Å²) in [5.41, 5.74) is 1.30. The second kappa shape index (κ2) is 10.6. The second-order valence-corrected chi connectivity index (χ2v) is 10.7. The van der Waals surface area contributed by atoms with Gasteiger partial charge in [0.15, 0.2) is 0 Å². The van der Waals surface area contributed by atoms with Gasteiger partial charge in [0.05, 0.1) is 18.1 Å². The van der Waals surface area contributed by atoms with Gasteiger partial charge in [-0.2, -0.15) is 0 Å². The smallest absolute Gasteiger partial charge is 0.262 e. The Morgan fingerprint density at radius 2 is 1.76 bits per heavy atom. The van der Waals surface area contributed by atoms with Crippen LogP contribution in [0.1, 0.15) is 49.9 Å². The van der Waals surface area contributed by atoms with Gasteiger partial charge in [-0.05, 0) is 68.5 Å². The summed E-state index contributed by atoms with van der Waals surface area (Å²) < 4.78 is 55.0. The first-order chi connectivity index (χ1) is 15.7. The highest BCUT2D eigenvalue weighted by molar-refractivity contribution is 7.92. The number of hydrogen-bond donors (Lipinski definition) is 1. The summed E-state index contributed by atoms with van der Waals surface area (Å²) in [5, 5.41) is 0. The maximum atomic E-state index is 15.5. The number of hydrogen-bond acceptors (Lipinski definition) is 6. The van der Waals surface area contributed by atoms with Gasteiger partial charge < -0.3 is 14.4 Å². The number of nitrogens with one attached hydrogen (secondary N) is 1. The Hall–Kier alpha value is -2.23. The van der Waals surface area contributed by atoms with E-state index in [0.29, 0.717) is 36.9 Å². The number of pyridine rings is 1. The molecule has 0 spiro atoms. The number of alkyl halides is 1. The molecule has 1 aromatic carbocycles. The Balaban J connectivity index is 0.00000324. The lowest BCUT2D eigenvalue weighted by atomic mass is 9.80. The molecule has 0 amide bonds. The van der Waals surface area contributed by atoms with Crippen LogP contribution in [0.2, 0.25) is 0 Å². The largest absolute Gasteiger partial charge is 0.479 e. The van der Waals surface area contributed by atoms with Gasteiger partial charge in [0.2, 0.25) is 5.88 Å². The number of sulfonamides is 1. The Morgan fingerprint density at radius 1 is 1.12 bits per heavy atom. The molecular weight excluding hydrogens is 457 g/mol. The van der Waals surface area contributed by atoms with Gasteiger partial charge >= 0.3 is 0 Å². The van der Waals surface area contributed by atoms with E-state index in [-0.39, 0.29) is 24.3 Å². The highest BCUT2D eigenvalue weighted by Crippen LogP contribution is 2.41. The SMILES string of the molecule is C.COc1nc2c(cc1NS(=O)(=O)c1ccc(C3(F)CCC(OC)CC3)cc1)CCN(C)CC2. The van der Waals surface area contributed by atoms with Crippen molar-refractivity contribution >= 4 is 15.7 Å². The number of anilines is 1. The average Bonchev–Trinajstić information content (AvgIpc) is 3.00. The molecule has 2 aliphatic rings. The van der Waals surface area contributed by atoms with Crippen LogP contribution in [-0.2, 0) is 33.3 Å². The fourth-order valence-electron chi connectivity index (χ4n) is 4.67. The van der Waals surface area contributed by atoms with Gasteiger partial charge in [-0.3, -0.25) is 4.72 Å². The van der Waals surface area contributed by atoms with E-state index >= 15 is 4.39 Å². The maximum Gasteiger partial charge on any atom is 0.262 e. The number of benzene rings is 1. The second-order valence-electron chi connectivity index (χ2n) is 8.98. The molecule has 0 unspecified atom stereocenters. The number of fused-ring (bicyclic) bond motifs is 1. The predicted molar refractivity (Wildman–Crippen MR) is 132 cm³/mol. The van der Waals surface area contributed by atoms with Crippen LogP contribution in [0.5, 0.6) is 5.88 Å². The lowest BCUT2D eigenvalue weighted by Crippen LogP contribution is -2.30. The van der Waals surface area contributed by atoms with Crippen LogP contribution in [-0.4, -0.2) is 58.8 Å². The molecule has 1 N–H and O–H groups in total. The van der Waals surface area contributed by atoms with Crippen molar-refractivity contribution in [3.63, 3.8) is 0 Å². The third-order valence-corrected chi connectivity index (χ3v) is 8.21. The molecule has 0 saturated heterocycles. The van der Waals surface area contributed by atoms with Crippen LogP contribution in [0, 0.1) is 0 Å². The Morgan fingerprint density at radius 3 is 2.38 bits per heavy atom. The minimum Gasteiger partial charge on any atom is -0.479 e. The molecular formula is C25H36FN3O4S. The van der Waals surface area contributed by atoms with Gasteiger partial charge in [0, 0.05) is 32.3 Å². The summed E-state index contributed by atoms with van der Waals surface area (Å²) in [7, 11) is 1.29. The molecule has 1 fully saturated rings. The molecule has 1 aromatic heterocycles. The fraction of sp³-hybridized carbons (Fsp3) is 0.560. The van der Waals surface area contributed by atoms with Crippen LogP contribution < -0.4 is 9.46 Å². The fourth-order valence-corrected chi connectivity index (χ4v) is 5.71. The van der Waals surface area contributed by atoms with Gasteiger partial charge in [-0.1, -0.05) is 19.6 Å². The first kappa shape index (κ1) is 26.4. The molecule has 0 radical (unpaired) electrons. The summed E-state index contributed by atoms with van der Waals surface area (Å²) >= 11 is 0. The molecule has 9 heteroatoms. The highest BCUT2D eigenvalue weighted by Gasteiger charge is 2.37. The first-order valence-corrected chi connectivity index (χ1v) is 12.8. The molecule has 0 atom stereocenters. The monoisotopic (exact) mass is 493 g/mol. The quantitative estimate of drug-likeness (QED) is 0.646. The van der Waals surface area contributed by atoms with Crippen molar-refractivity contribution in [2.45, 2.75) is 62.6 Å².